The van der Waals surface area contributed by atoms with Crippen LogP contribution in [-0.4, -0.2) is 71.8 Å². The number of hydrogen-bond donors (Lipinski definition) is 5. The Morgan fingerprint density at radius 1 is 1.04 bits per heavy atom. The number of aromatic nitrogens is 3. The molecule has 46 heavy (non-hydrogen) atoms. The number of carbonyl (C=O) groups excluding carboxylic acids is 2. The fraction of sp³-hybridized carbons (Fsp3) is 0.303. The number of ether oxygens (including phenoxy) is 2. The number of methoxy groups -OCH3 is 2. The van der Waals surface area contributed by atoms with E-state index < -0.39 is 5.91 Å². The third kappa shape index (κ3) is 7.77. The van der Waals surface area contributed by atoms with E-state index in [9.17, 15) is 9.59 Å². The van der Waals surface area contributed by atoms with Gasteiger partial charge in [0, 0.05) is 67.7 Å². The van der Waals surface area contributed by atoms with Gasteiger partial charge in [0.1, 0.15) is 5.69 Å². The third-order valence-corrected chi connectivity index (χ3v) is 7.87. The molecule has 5 rings (SSSR count). The molecule has 5 N–H and O–H groups in total. The van der Waals surface area contributed by atoms with Crippen LogP contribution < -0.4 is 30.7 Å². The van der Waals surface area contributed by atoms with Gasteiger partial charge < -0.3 is 35.8 Å². The van der Waals surface area contributed by atoms with Crippen LogP contribution in [0.15, 0.2) is 60.9 Å². The van der Waals surface area contributed by atoms with Gasteiger partial charge in [-0.1, -0.05) is 29.8 Å². The number of halogens is 1. The van der Waals surface area contributed by atoms with Crippen molar-refractivity contribution in [1.82, 2.24) is 30.9 Å². The second-order valence-electron chi connectivity index (χ2n) is 10.6. The van der Waals surface area contributed by atoms with Crippen molar-refractivity contribution in [2.24, 2.45) is 0 Å². The summed E-state index contributed by atoms with van der Waals surface area (Å²) in [6, 6.07) is 14.5. The number of hydrogen-bond acceptors (Lipinski definition) is 10. The number of aliphatic hydroxyl groups excluding tert-OH is 1. The Labute approximate surface area is 271 Å². The molecule has 3 aromatic heterocycles. The van der Waals surface area contributed by atoms with Crippen LogP contribution in [0.2, 0.25) is 5.02 Å². The first kappa shape index (κ1) is 32.8. The van der Waals surface area contributed by atoms with Crippen LogP contribution >= 0.6 is 11.6 Å². The molecule has 0 spiro atoms. The van der Waals surface area contributed by atoms with Gasteiger partial charge in [0.15, 0.2) is 5.75 Å². The molecule has 0 unspecified atom stereocenters. The first-order valence-electron chi connectivity index (χ1n) is 14.9. The molecule has 240 valence electrons. The van der Waals surface area contributed by atoms with E-state index in [1.165, 1.54) is 7.11 Å². The highest BCUT2D eigenvalue weighted by molar-refractivity contribution is 6.35. The number of amides is 2. The highest BCUT2D eigenvalue weighted by atomic mass is 35.5. The number of rotatable bonds is 14. The molecule has 12 nitrogen and oxygen atoms in total. The smallest absolute Gasteiger partial charge is 0.274 e. The van der Waals surface area contributed by atoms with Crippen molar-refractivity contribution in [2.75, 3.05) is 39.2 Å². The van der Waals surface area contributed by atoms with Crippen molar-refractivity contribution in [2.45, 2.75) is 32.0 Å². The Bertz CT molecular complexity index is 1690. The second-order valence-corrected chi connectivity index (χ2v) is 11.0. The van der Waals surface area contributed by atoms with Gasteiger partial charge in [-0.05, 0) is 42.3 Å². The maximum absolute atomic E-state index is 13.1. The van der Waals surface area contributed by atoms with E-state index >= 15 is 0 Å². The van der Waals surface area contributed by atoms with Gasteiger partial charge in [0.2, 0.25) is 11.8 Å². The normalized spacial score (nSPS) is 14.2. The summed E-state index contributed by atoms with van der Waals surface area (Å²) < 4.78 is 11.3. The Kier molecular flexibility index (Phi) is 11.1. The summed E-state index contributed by atoms with van der Waals surface area (Å²) in [4.78, 5) is 38.1. The van der Waals surface area contributed by atoms with Crippen LogP contribution in [0, 0.1) is 0 Å². The van der Waals surface area contributed by atoms with Gasteiger partial charge in [-0.15, -0.1) is 0 Å². The van der Waals surface area contributed by atoms with Crippen LogP contribution in [0.3, 0.4) is 0 Å². The molecule has 1 fully saturated rings. The highest BCUT2D eigenvalue weighted by Crippen LogP contribution is 2.41. The fourth-order valence-electron chi connectivity index (χ4n) is 5.17. The lowest BCUT2D eigenvalue weighted by Gasteiger charge is -2.16. The molecule has 0 aliphatic carbocycles. The van der Waals surface area contributed by atoms with Crippen LogP contribution in [0.5, 0.6) is 11.6 Å². The number of carbonyl (C=O) groups is 2. The van der Waals surface area contributed by atoms with Gasteiger partial charge in [-0.25, -0.2) is 4.98 Å². The molecule has 13 heteroatoms. The summed E-state index contributed by atoms with van der Waals surface area (Å²) in [7, 11) is 3.08. The van der Waals surface area contributed by atoms with Crippen LogP contribution in [0.1, 0.15) is 34.5 Å². The molecule has 1 aliphatic heterocycles. The lowest BCUT2D eigenvalue weighted by molar-refractivity contribution is -0.119. The molecule has 0 radical (unpaired) electrons. The Morgan fingerprint density at radius 2 is 1.91 bits per heavy atom. The monoisotopic (exact) mass is 645 g/mol. The molecule has 1 saturated heterocycles. The van der Waals surface area contributed by atoms with Gasteiger partial charge in [0.25, 0.3) is 5.91 Å². The number of para-hydroxylation sites is 1. The summed E-state index contributed by atoms with van der Waals surface area (Å²) in [6.07, 6.45) is 4.63. The maximum atomic E-state index is 13.1. The molecule has 1 aliphatic rings. The molecule has 4 heterocycles. The first-order valence-corrected chi connectivity index (χ1v) is 15.2. The number of nitrogens with one attached hydrogen (secondary N) is 4. The summed E-state index contributed by atoms with van der Waals surface area (Å²) in [5.74, 6) is 0.524. The minimum atomic E-state index is -0.406. The van der Waals surface area contributed by atoms with Crippen molar-refractivity contribution >= 4 is 29.1 Å². The van der Waals surface area contributed by atoms with E-state index in [0.29, 0.717) is 77.5 Å². The number of benzene rings is 1. The molecule has 4 aromatic rings. The SMILES string of the molecule is COc1nc(-c2ccnc(-c3cccc(NC(=O)c4ccc(CNCCO)cn4)c3OC)c2Cl)ccc1CNC[C@H]1CCC(=O)N1. The van der Waals surface area contributed by atoms with Gasteiger partial charge in [-0.3, -0.25) is 19.6 Å². The predicted octanol–water partition coefficient (Wildman–Crippen LogP) is 3.58. The molecule has 0 saturated carbocycles. The topological polar surface area (TPSA) is 160 Å². The summed E-state index contributed by atoms with van der Waals surface area (Å²) >= 11 is 6.96. The van der Waals surface area contributed by atoms with E-state index in [0.717, 1.165) is 17.5 Å². The Hall–Kier alpha value is -4.62. The Balaban J connectivity index is 1.34. The zero-order valence-corrected chi connectivity index (χ0v) is 26.4. The number of pyridine rings is 3. The van der Waals surface area contributed by atoms with Gasteiger partial charge in [-0.2, -0.15) is 0 Å². The van der Waals surface area contributed by atoms with Crippen LogP contribution in [0.4, 0.5) is 5.69 Å². The minimum absolute atomic E-state index is 0.0430. The third-order valence-electron chi connectivity index (χ3n) is 7.49. The van der Waals surface area contributed by atoms with Gasteiger partial charge >= 0.3 is 0 Å². The van der Waals surface area contributed by atoms with E-state index in [-0.39, 0.29) is 24.2 Å². The van der Waals surface area contributed by atoms with Crippen LogP contribution in [0.25, 0.3) is 22.5 Å². The highest BCUT2D eigenvalue weighted by Gasteiger charge is 2.22. The predicted molar refractivity (Wildman–Crippen MR) is 175 cm³/mol. The lowest BCUT2D eigenvalue weighted by atomic mass is 10.0. The van der Waals surface area contributed by atoms with Crippen molar-refractivity contribution in [3.63, 3.8) is 0 Å². The molecular formula is C33H36ClN7O5. The number of aliphatic hydroxyl groups is 1. The summed E-state index contributed by atoms with van der Waals surface area (Å²) in [6.45, 7) is 2.23. The maximum Gasteiger partial charge on any atom is 0.274 e. The Morgan fingerprint density at radius 3 is 2.63 bits per heavy atom. The first-order chi connectivity index (χ1) is 22.4. The minimum Gasteiger partial charge on any atom is -0.494 e. The van der Waals surface area contributed by atoms with Gasteiger partial charge in [0.05, 0.1) is 42.9 Å². The van der Waals surface area contributed by atoms with Crippen LogP contribution in [-0.2, 0) is 17.9 Å². The summed E-state index contributed by atoms with van der Waals surface area (Å²) in [5.41, 5.74) is 4.70. The zero-order valence-electron chi connectivity index (χ0n) is 25.6. The molecule has 2 amide bonds. The van der Waals surface area contributed by atoms with E-state index in [1.54, 1.807) is 49.8 Å². The van der Waals surface area contributed by atoms with Crippen molar-refractivity contribution in [1.29, 1.82) is 0 Å². The summed E-state index contributed by atoms with van der Waals surface area (Å²) in [5, 5.41) is 21.6. The molecule has 1 aromatic carbocycles. The molecule has 0 bridgehead atoms. The second kappa shape index (κ2) is 15.6. The van der Waals surface area contributed by atoms with Crippen molar-refractivity contribution in [3.05, 3.63) is 82.8 Å². The van der Waals surface area contributed by atoms with E-state index in [1.807, 2.05) is 18.2 Å². The molecule has 1 atom stereocenters. The molecular weight excluding hydrogens is 610 g/mol. The van der Waals surface area contributed by atoms with Crippen molar-refractivity contribution in [3.8, 4) is 34.1 Å². The zero-order chi connectivity index (χ0) is 32.5. The quantitative estimate of drug-likeness (QED) is 0.128. The number of anilines is 1. The fourth-order valence-corrected chi connectivity index (χ4v) is 5.49. The average Bonchev–Trinajstić information content (AvgIpc) is 3.50. The average molecular weight is 646 g/mol. The largest absolute Gasteiger partial charge is 0.494 e. The number of nitrogens with zero attached hydrogens (tertiary/aromatic N) is 3. The van der Waals surface area contributed by atoms with E-state index in [2.05, 4.69) is 31.2 Å². The van der Waals surface area contributed by atoms with Crippen molar-refractivity contribution < 1.29 is 24.2 Å². The standard InChI is InChI=1S/C33H36ClN7O5/c1-45-31-24(4-3-5-26(31)40-32(44)27-9-6-20(17-38-27)16-35-14-15-42)30-29(34)23(12-13-37-30)25-10-7-21(33(41-25)46-2)18-36-19-22-8-11-28(43)39-22/h3-7,9-10,12-13,17,22,35-36,42H,8,11,14-16,18-19H2,1-2H3,(H,39,43)(H,40,44)/t22-/m1/s1. The lowest BCUT2D eigenvalue weighted by Crippen LogP contribution is -2.35. The van der Waals surface area contributed by atoms with E-state index in [4.69, 9.17) is 31.2 Å².